The molecule has 1 amide bonds. The largest absolute Gasteiger partial charge is 0.392 e. The third-order valence-corrected chi connectivity index (χ3v) is 5.11. The number of piperidine rings is 1. The number of aliphatic hydroxyl groups is 1. The number of amides is 1. The van der Waals surface area contributed by atoms with Gasteiger partial charge in [-0.15, -0.1) is 11.3 Å². The van der Waals surface area contributed by atoms with E-state index < -0.39 is 6.10 Å². The summed E-state index contributed by atoms with van der Waals surface area (Å²) in [5.74, 6) is 0.937. The molecule has 10 heteroatoms. The van der Waals surface area contributed by atoms with Gasteiger partial charge in [0.25, 0.3) is 0 Å². The average molecular weight is 395 g/mol. The van der Waals surface area contributed by atoms with Crippen molar-refractivity contribution >= 4 is 17.2 Å². The van der Waals surface area contributed by atoms with Gasteiger partial charge in [0.1, 0.15) is 6.61 Å². The predicted octanol–water partition coefficient (Wildman–Crippen LogP) is 0.665. The number of likely N-dealkylation sites (tertiary alicyclic amines) is 1. The summed E-state index contributed by atoms with van der Waals surface area (Å²) in [7, 11) is 1.57. The molecular formula is C17H25N5O4S. The van der Waals surface area contributed by atoms with Gasteiger partial charge in [-0.25, -0.2) is 4.98 Å². The molecule has 3 heterocycles. The van der Waals surface area contributed by atoms with Crippen molar-refractivity contribution in [2.24, 2.45) is 0 Å². The molecule has 0 spiro atoms. The molecule has 0 aromatic carbocycles. The average Bonchev–Trinajstić information content (AvgIpc) is 3.22. The highest BCUT2D eigenvalue weighted by Gasteiger charge is 2.28. The number of aliphatic hydroxyl groups excluding tert-OH is 1. The number of hydrogen-bond acceptors (Lipinski definition) is 9. The van der Waals surface area contributed by atoms with E-state index >= 15 is 0 Å². The zero-order valence-electron chi connectivity index (χ0n) is 15.6. The summed E-state index contributed by atoms with van der Waals surface area (Å²) in [6.07, 6.45) is 1.04. The standard InChI is InChI=1S/C17H25N5O4S/c1-11-18-12(10-27-11)3-4-16(24)19-13-5-14(23)7-22(6-13)8-17-20-15(9-25-2)21-26-17/h10,13-14,23H,3-9H2,1-2H3,(H,19,24)/t13-,14+/m0/s1. The van der Waals surface area contributed by atoms with E-state index in [-0.39, 0.29) is 11.9 Å². The molecule has 0 aliphatic carbocycles. The molecule has 2 aromatic rings. The van der Waals surface area contributed by atoms with Crippen LogP contribution in [-0.2, 0) is 29.1 Å². The topological polar surface area (TPSA) is 114 Å². The van der Waals surface area contributed by atoms with Crippen molar-refractivity contribution in [3.63, 3.8) is 0 Å². The Kier molecular flexibility index (Phi) is 6.89. The molecule has 9 nitrogen and oxygen atoms in total. The van der Waals surface area contributed by atoms with Crippen LogP contribution in [0.5, 0.6) is 0 Å². The smallest absolute Gasteiger partial charge is 0.240 e. The molecule has 1 aliphatic rings. The number of nitrogens with one attached hydrogen (secondary N) is 1. The molecule has 148 valence electrons. The Morgan fingerprint density at radius 3 is 3.07 bits per heavy atom. The summed E-state index contributed by atoms with van der Waals surface area (Å²) in [5.41, 5.74) is 0.946. The molecule has 27 heavy (non-hydrogen) atoms. The van der Waals surface area contributed by atoms with Crippen molar-refractivity contribution in [2.75, 3.05) is 20.2 Å². The first kappa shape index (κ1) is 19.9. The van der Waals surface area contributed by atoms with Crippen molar-refractivity contribution in [2.45, 2.75) is 51.5 Å². The van der Waals surface area contributed by atoms with E-state index in [0.717, 1.165) is 10.7 Å². The van der Waals surface area contributed by atoms with Gasteiger partial charge in [-0.05, 0) is 19.8 Å². The molecule has 1 fully saturated rings. The number of aryl methyl sites for hydroxylation is 2. The van der Waals surface area contributed by atoms with Gasteiger partial charge in [0.2, 0.25) is 11.8 Å². The second-order valence-electron chi connectivity index (χ2n) is 6.74. The summed E-state index contributed by atoms with van der Waals surface area (Å²) >= 11 is 1.59. The van der Waals surface area contributed by atoms with Crippen molar-refractivity contribution in [1.29, 1.82) is 0 Å². The molecule has 0 radical (unpaired) electrons. The van der Waals surface area contributed by atoms with Gasteiger partial charge in [0.05, 0.1) is 23.4 Å². The minimum atomic E-state index is -0.508. The minimum Gasteiger partial charge on any atom is -0.392 e. The molecule has 1 saturated heterocycles. The Morgan fingerprint density at radius 2 is 2.33 bits per heavy atom. The van der Waals surface area contributed by atoms with Gasteiger partial charge in [-0.3, -0.25) is 9.69 Å². The number of nitrogens with zero attached hydrogens (tertiary/aromatic N) is 4. The zero-order valence-corrected chi connectivity index (χ0v) is 16.4. The molecule has 0 unspecified atom stereocenters. The normalized spacial score (nSPS) is 20.7. The summed E-state index contributed by atoms with van der Waals surface area (Å²) in [6, 6.07) is -0.111. The van der Waals surface area contributed by atoms with E-state index in [1.54, 1.807) is 18.4 Å². The first-order valence-electron chi connectivity index (χ1n) is 8.93. The van der Waals surface area contributed by atoms with Gasteiger partial charge >= 0.3 is 0 Å². The van der Waals surface area contributed by atoms with E-state index in [9.17, 15) is 9.90 Å². The van der Waals surface area contributed by atoms with Crippen LogP contribution in [0.25, 0.3) is 0 Å². The minimum absolute atomic E-state index is 0.0279. The van der Waals surface area contributed by atoms with Crippen LogP contribution in [0.1, 0.15) is 35.3 Å². The van der Waals surface area contributed by atoms with Gasteiger partial charge in [0.15, 0.2) is 5.82 Å². The summed E-state index contributed by atoms with van der Waals surface area (Å²) in [5, 5.41) is 20.0. The third kappa shape index (κ3) is 6.06. The Labute approximate surface area is 161 Å². The van der Waals surface area contributed by atoms with Crippen molar-refractivity contribution < 1.29 is 19.2 Å². The molecule has 0 bridgehead atoms. The fraction of sp³-hybridized carbons (Fsp3) is 0.647. The maximum Gasteiger partial charge on any atom is 0.240 e. The summed E-state index contributed by atoms with van der Waals surface area (Å²) < 4.78 is 10.2. The second kappa shape index (κ2) is 9.36. The van der Waals surface area contributed by atoms with Gasteiger partial charge in [-0.2, -0.15) is 4.98 Å². The first-order valence-corrected chi connectivity index (χ1v) is 9.81. The highest BCUT2D eigenvalue weighted by Crippen LogP contribution is 2.15. The highest BCUT2D eigenvalue weighted by atomic mass is 32.1. The molecule has 2 atom stereocenters. The summed E-state index contributed by atoms with van der Waals surface area (Å²) in [4.78, 5) is 22.9. The number of carbonyl (C=O) groups excluding carboxylic acids is 1. The third-order valence-electron chi connectivity index (χ3n) is 4.29. The number of ether oxygens (including phenoxy) is 1. The number of rotatable bonds is 8. The van der Waals surface area contributed by atoms with Gasteiger partial charge < -0.3 is 19.7 Å². The van der Waals surface area contributed by atoms with Crippen LogP contribution in [0, 0.1) is 6.92 Å². The van der Waals surface area contributed by atoms with Crippen LogP contribution in [0.4, 0.5) is 0 Å². The fourth-order valence-electron chi connectivity index (χ4n) is 3.19. The molecular weight excluding hydrogens is 370 g/mol. The van der Waals surface area contributed by atoms with Crippen LogP contribution in [0.15, 0.2) is 9.90 Å². The van der Waals surface area contributed by atoms with Crippen LogP contribution in [-0.4, -0.2) is 63.4 Å². The lowest BCUT2D eigenvalue weighted by atomic mass is 10.0. The van der Waals surface area contributed by atoms with Crippen LogP contribution in [0.2, 0.25) is 0 Å². The second-order valence-corrected chi connectivity index (χ2v) is 7.81. The predicted molar refractivity (Wildman–Crippen MR) is 98.0 cm³/mol. The maximum atomic E-state index is 12.2. The fourth-order valence-corrected chi connectivity index (χ4v) is 3.84. The van der Waals surface area contributed by atoms with Crippen LogP contribution >= 0.6 is 11.3 Å². The van der Waals surface area contributed by atoms with E-state index in [2.05, 4.69) is 20.4 Å². The van der Waals surface area contributed by atoms with Gasteiger partial charge in [-0.1, -0.05) is 5.16 Å². The Hall–Kier alpha value is -1.88. The lowest BCUT2D eigenvalue weighted by Gasteiger charge is -2.35. The number of thiazole rings is 1. The maximum absolute atomic E-state index is 12.2. The lowest BCUT2D eigenvalue weighted by Crippen LogP contribution is -2.52. The van der Waals surface area contributed by atoms with Crippen LogP contribution < -0.4 is 5.32 Å². The molecule has 0 saturated carbocycles. The van der Waals surface area contributed by atoms with E-state index in [0.29, 0.717) is 57.2 Å². The number of aromatic nitrogens is 3. The number of methoxy groups -OCH3 is 1. The van der Waals surface area contributed by atoms with E-state index in [1.165, 1.54) is 0 Å². The van der Waals surface area contributed by atoms with E-state index in [1.807, 2.05) is 17.2 Å². The Morgan fingerprint density at radius 1 is 1.48 bits per heavy atom. The van der Waals surface area contributed by atoms with Crippen molar-refractivity contribution in [1.82, 2.24) is 25.3 Å². The molecule has 2 N–H and O–H groups in total. The zero-order chi connectivity index (χ0) is 19.2. The Bertz CT molecular complexity index is 749. The van der Waals surface area contributed by atoms with Gasteiger partial charge in [0, 0.05) is 38.0 Å². The summed E-state index contributed by atoms with van der Waals surface area (Å²) in [6.45, 7) is 3.81. The van der Waals surface area contributed by atoms with Crippen LogP contribution in [0.3, 0.4) is 0 Å². The monoisotopic (exact) mass is 395 g/mol. The quantitative estimate of drug-likeness (QED) is 0.670. The highest BCUT2D eigenvalue weighted by molar-refractivity contribution is 7.09. The molecule has 3 rings (SSSR count). The number of hydrogen-bond donors (Lipinski definition) is 2. The molecule has 1 aliphatic heterocycles. The SMILES string of the molecule is COCc1noc(CN2C[C@H](O)C[C@H](NC(=O)CCc3csc(C)n3)C2)n1. The van der Waals surface area contributed by atoms with Crippen molar-refractivity contribution in [3.05, 3.63) is 27.8 Å². The lowest BCUT2D eigenvalue weighted by molar-refractivity contribution is -0.122. The number of β-amino-alcohol motifs (C(OH)–C–C–N with tert-alkyl or cyclic N) is 1. The van der Waals surface area contributed by atoms with Crippen molar-refractivity contribution in [3.8, 4) is 0 Å². The van der Waals surface area contributed by atoms with E-state index in [4.69, 9.17) is 9.26 Å². The molecule has 2 aromatic heterocycles. The number of carbonyl (C=O) groups is 1. The first-order chi connectivity index (χ1) is 13.0. The Balaban J connectivity index is 1.47.